The molecule has 5 rings (SSSR count). The number of Topliss-reactive ketones (excluding diaryl/α,β-unsaturated/α-hetero) is 1. The maximum atomic E-state index is 12.1. The van der Waals surface area contributed by atoms with Crippen LogP contribution in [0.2, 0.25) is 0 Å². The molecule has 4 aromatic rings. The number of nitrogens with zero attached hydrogens (tertiary/aromatic N) is 2. The fourth-order valence-corrected chi connectivity index (χ4v) is 4.55. The van der Waals surface area contributed by atoms with Crippen LogP contribution in [0.3, 0.4) is 0 Å². The number of aromatic amines is 1. The third kappa shape index (κ3) is 5.03. The average molecular weight is 477 g/mol. The van der Waals surface area contributed by atoms with Gasteiger partial charge in [0, 0.05) is 6.42 Å². The lowest BCUT2D eigenvalue weighted by molar-refractivity contribution is -0.121. The summed E-state index contributed by atoms with van der Waals surface area (Å²) in [6.07, 6.45) is 4.74. The molecule has 1 aromatic heterocycles. The standard InChI is InChI=1S/C30H28N4O2/c1-2-3-13-27-32-30(34-33-27)29(21-9-5-4-6-10-21)22-16-14-20(15-17-22)24-12-8-7-11-23(24)18-25-26(35)19-28(36)31-25/h4-12,14-18,29H,2-3,13,19H2,1H3,(H,31,36)(H,32,33,34)/b25-18-. The number of allylic oxidation sites excluding steroid dienone is 1. The van der Waals surface area contributed by atoms with Gasteiger partial charge in [-0.25, -0.2) is 4.98 Å². The minimum Gasteiger partial charge on any atom is -0.323 e. The van der Waals surface area contributed by atoms with Gasteiger partial charge in [-0.2, -0.15) is 5.10 Å². The fraction of sp³-hybridized carbons (Fsp3) is 0.200. The Hall–Kier alpha value is -4.32. The van der Waals surface area contributed by atoms with Crippen molar-refractivity contribution < 1.29 is 9.59 Å². The number of rotatable bonds is 8. The number of unbranched alkanes of at least 4 members (excludes halogenated alkanes) is 1. The molecule has 2 N–H and O–H groups in total. The van der Waals surface area contributed by atoms with Gasteiger partial charge in [-0.1, -0.05) is 92.2 Å². The molecule has 1 aliphatic heterocycles. The smallest absolute Gasteiger partial charge is 0.232 e. The number of hydrogen-bond acceptors (Lipinski definition) is 4. The number of hydrogen-bond donors (Lipinski definition) is 2. The summed E-state index contributed by atoms with van der Waals surface area (Å²) in [4.78, 5) is 28.6. The highest BCUT2D eigenvalue weighted by molar-refractivity contribution is 6.17. The summed E-state index contributed by atoms with van der Waals surface area (Å²) in [6.45, 7) is 2.17. The lowest BCUT2D eigenvalue weighted by Crippen LogP contribution is -2.12. The van der Waals surface area contributed by atoms with Crippen molar-refractivity contribution in [2.75, 3.05) is 0 Å². The van der Waals surface area contributed by atoms with E-state index < -0.39 is 0 Å². The minimum atomic E-state index is -0.259. The van der Waals surface area contributed by atoms with Crippen LogP contribution in [-0.4, -0.2) is 26.9 Å². The first-order chi connectivity index (χ1) is 17.6. The maximum absolute atomic E-state index is 12.1. The molecule has 0 spiro atoms. The van der Waals surface area contributed by atoms with Crippen molar-refractivity contribution >= 4 is 17.8 Å². The molecule has 1 fully saturated rings. The minimum absolute atomic E-state index is 0.0874. The monoisotopic (exact) mass is 476 g/mol. The van der Waals surface area contributed by atoms with Gasteiger partial charge in [-0.15, -0.1) is 0 Å². The molecule has 1 atom stereocenters. The number of benzene rings is 3. The highest BCUT2D eigenvalue weighted by atomic mass is 16.2. The van der Waals surface area contributed by atoms with Gasteiger partial charge in [0.15, 0.2) is 11.6 Å². The van der Waals surface area contributed by atoms with Gasteiger partial charge in [0.25, 0.3) is 0 Å². The molecule has 1 amide bonds. The molecule has 0 radical (unpaired) electrons. The van der Waals surface area contributed by atoms with E-state index in [0.717, 1.165) is 58.7 Å². The highest BCUT2D eigenvalue weighted by Crippen LogP contribution is 2.33. The number of amides is 1. The van der Waals surface area contributed by atoms with E-state index in [1.807, 2.05) is 42.5 Å². The fourth-order valence-electron chi connectivity index (χ4n) is 4.55. The second kappa shape index (κ2) is 10.5. The third-order valence-corrected chi connectivity index (χ3v) is 6.42. The first-order valence-corrected chi connectivity index (χ1v) is 12.3. The van der Waals surface area contributed by atoms with E-state index in [1.165, 1.54) is 0 Å². The summed E-state index contributed by atoms with van der Waals surface area (Å²) < 4.78 is 0. The second-order valence-corrected chi connectivity index (χ2v) is 9.00. The molecule has 36 heavy (non-hydrogen) atoms. The predicted octanol–water partition coefficient (Wildman–Crippen LogP) is 5.42. The molecule has 1 aliphatic rings. The molecular formula is C30H28N4O2. The number of carbonyl (C=O) groups excluding carboxylic acids is 2. The molecule has 1 unspecified atom stereocenters. The number of aryl methyl sites for hydroxylation is 1. The summed E-state index contributed by atoms with van der Waals surface area (Å²) >= 11 is 0. The zero-order valence-electron chi connectivity index (χ0n) is 20.2. The van der Waals surface area contributed by atoms with Crippen LogP contribution in [0.4, 0.5) is 0 Å². The molecule has 1 saturated heterocycles. The SMILES string of the molecule is CCCCc1nc(C(c2ccccc2)c2ccc(-c3ccccc3/C=C3\NC(=O)CC3=O)cc2)n[nH]1. The van der Waals surface area contributed by atoms with Crippen LogP contribution in [0.25, 0.3) is 17.2 Å². The van der Waals surface area contributed by atoms with Gasteiger partial charge in [-0.05, 0) is 40.3 Å². The first kappa shape index (κ1) is 23.4. The molecule has 0 bridgehead atoms. The van der Waals surface area contributed by atoms with Gasteiger partial charge >= 0.3 is 0 Å². The number of carbonyl (C=O) groups is 2. The zero-order valence-corrected chi connectivity index (χ0v) is 20.2. The van der Waals surface area contributed by atoms with Gasteiger partial charge in [0.2, 0.25) is 5.91 Å². The summed E-state index contributed by atoms with van der Waals surface area (Å²) in [5.74, 6) is 1.15. The second-order valence-electron chi connectivity index (χ2n) is 9.00. The Morgan fingerprint density at radius 2 is 1.64 bits per heavy atom. The van der Waals surface area contributed by atoms with Crippen LogP contribution in [0.5, 0.6) is 0 Å². The Labute approximate surface area is 210 Å². The van der Waals surface area contributed by atoms with E-state index in [9.17, 15) is 9.59 Å². The van der Waals surface area contributed by atoms with Crippen molar-refractivity contribution in [3.8, 4) is 11.1 Å². The molecule has 6 heteroatoms. The largest absolute Gasteiger partial charge is 0.323 e. The molecular weight excluding hydrogens is 448 g/mol. The Morgan fingerprint density at radius 3 is 2.36 bits per heavy atom. The van der Waals surface area contributed by atoms with Gasteiger partial charge in [0.05, 0.1) is 18.0 Å². The van der Waals surface area contributed by atoms with Crippen LogP contribution in [0.1, 0.15) is 60.4 Å². The van der Waals surface area contributed by atoms with Crippen molar-refractivity contribution in [2.45, 2.75) is 38.5 Å². The Bertz CT molecular complexity index is 1400. The predicted molar refractivity (Wildman–Crippen MR) is 140 cm³/mol. The topological polar surface area (TPSA) is 87.7 Å². The van der Waals surface area contributed by atoms with E-state index in [4.69, 9.17) is 4.98 Å². The lowest BCUT2D eigenvalue weighted by atomic mass is 9.89. The normalized spacial score (nSPS) is 15.3. The summed E-state index contributed by atoms with van der Waals surface area (Å²) in [5.41, 5.74) is 5.46. The van der Waals surface area contributed by atoms with Crippen molar-refractivity contribution in [1.29, 1.82) is 0 Å². The van der Waals surface area contributed by atoms with E-state index >= 15 is 0 Å². The quantitative estimate of drug-likeness (QED) is 0.262. The van der Waals surface area contributed by atoms with Crippen LogP contribution in [0.15, 0.2) is 84.6 Å². The van der Waals surface area contributed by atoms with E-state index in [2.05, 4.69) is 58.8 Å². The molecule has 180 valence electrons. The van der Waals surface area contributed by atoms with Crippen molar-refractivity contribution in [3.05, 3.63) is 113 Å². The number of H-pyrrole nitrogens is 1. The highest BCUT2D eigenvalue weighted by Gasteiger charge is 2.24. The maximum Gasteiger partial charge on any atom is 0.232 e. The summed E-state index contributed by atoms with van der Waals surface area (Å²) in [6, 6.07) is 26.6. The van der Waals surface area contributed by atoms with E-state index in [1.54, 1.807) is 6.08 Å². The zero-order chi connectivity index (χ0) is 24.9. The lowest BCUT2D eigenvalue weighted by Gasteiger charge is -2.16. The summed E-state index contributed by atoms with van der Waals surface area (Å²) in [5, 5.41) is 10.4. The van der Waals surface area contributed by atoms with E-state index in [0.29, 0.717) is 5.70 Å². The molecule has 2 heterocycles. The van der Waals surface area contributed by atoms with Crippen molar-refractivity contribution in [1.82, 2.24) is 20.5 Å². The first-order valence-electron chi connectivity index (χ1n) is 12.3. The van der Waals surface area contributed by atoms with Crippen molar-refractivity contribution in [3.63, 3.8) is 0 Å². The Kier molecular flexibility index (Phi) is 6.85. The molecule has 6 nitrogen and oxygen atoms in total. The Balaban J connectivity index is 1.49. The van der Waals surface area contributed by atoms with Crippen LogP contribution in [-0.2, 0) is 16.0 Å². The van der Waals surface area contributed by atoms with Gasteiger partial charge in [0.1, 0.15) is 5.82 Å². The number of nitrogens with one attached hydrogen (secondary N) is 2. The number of ketones is 1. The molecule has 3 aromatic carbocycles. The summed E-state index contributed by atoms with van der Waals surface area (Å²) in [7, 11) is 0. The van der Waals surface area contributed by atoms with Crippen molar-refractivity contribution in [2.24, 2.45) is 0 Å². The number of aromatic nitrogens is 3. The molecule has 0 saturated carbocycles. The van der Waals surface area contributed by atoms with Crippen LogP contribution in [0, 0.1) is 0 Å². The van der Waals surface area contributed by atoms with Crippen LogP contribution < -0.4 is 5.32 Å². The van der Waals surface area contributed by atoms with Gasteiger partial charge < -0.3 is 5.32 Å². The third-order valence-electron chi connectivity index (χ3n) is 6.42. The van der Waals surface area contributed by atoms with Crippen LogP contribution >= 0.6 is 0 Å². The van der Waals surface area contributed by atoms with E-state index in [-0.39, 0.29) is 24.0 Å². The molecule has 0 aliphatic carbocycles. The average Bonchev–Trinajstić information content (AvgIpc) is 3.49. The van der Waals surface area contributed by atoms with Gasteiger partial charge in [-0.3, -0.25) is 14.7 Å². The Morgan fingerprint density at radius 1 is 0.917 bits per heavy atom.